The molecule has 1 aliphatic heterocycles. The molecule has 0 spiro atoms. The Bertz CT molecular complexity index is 923. The fraction of sp³-hybridized carbons (Fsp3) is 0.250. The van der Waals surface area contributed by atoms with Crippen LogP contribution in [-0.4, -0.2) is 32.1 Å². The van der Waals surface area contributed by atoms with Crippen LogP contribution in [0, 0.1) is 0 Å². The molecule has 1 aliphatic rings. The standard InChI is InChI=1S/C24H28N2O2P2/c1-30(27,28-24-16-9-4-10-17-24)21-11-20-29-25(22-12-5-2-6-13-22)18-19-26(29)23-14-7-3-8-15-23/h2-10,12-17H,11,18-21H2,1H3. The highest BCUT2D eigenvalue weighted by Crippen LogP contribution is 2.54. The van der Waals surface area contributed by atoms with Gasteiger partial charge in [-0.3, -0.25) is 4.57 Å². The zero-order valence-electron chi connectivity index (χ0n) is 17.3. The molecule has 0 aliphatic carbocycles. The second kappa shape index (κ2) is 9.69. The highest BCUT2D eigenvalue weighted by atomic mass is 31.2. The summed E-state index contributed by atoms with van der Waals surface area (Å²) in [5.74, 6) is 0.687. The minimum atomic E-state index is -2.68. The molecular weight excluding hydrogens is 410 g/mol. The first-order chi connectivity index (χ1) is 14.6. The normalized spacial score (nSPS) is 16.4. The predicted molar refractivity (Wildman–Crippen MR) is 129 cm³/mol. The Kier molecular flexibility index (Phi) is 6.77. The van der Waals surface area contributed by atoms with Crippen LogP contribution >= 0.6 is 15.6 Å². The van der Waals surface area contributed by atoms with E-state index in [9.17, 15) is 4.57 Å². The molecule has 0 saturated carbocycles. The zero-order valence-corrected chi connectivity index (χ0v) is 19.1. The largest absolute Gasteiger partial charge is 0.443 e. The molecule has 30 heavy (non-hydrogen) atoms. The summed E-state index contributed by atoms with van der Waals surface area (Å²) in [5, 5.41) is 0. The molecule has 4 nitrogen and oxygen atoms in total. The van der Waals surface area contributed by atoms with Crippen molar-refractivity contribution in [2.45, 2.75) is 6.42 Å². The van der Waals surface area contributed by atoms with Crippen molar-refractivity contribution < 1.29 is 9.09 Å². The minimum Gasteiger partial charge on any atom is -0.443 e. The van der Waals surface area contributed by atoms with E-state index in [1.807, 2.05) is 30.3 Å². The summed E-state index contributed by atoms with van der Waals surface area (Å²) in [6, 6.07) is 30.8. The Labute approximate surface area is 180 Å². The Hall–Kier alpha value is -2.28. The molecule has 0 bridgehead atoms. The van der Waals surface area contributed by atoms with Gasteiger partial charge in [-0.2, -0.15) is 0 Å². The fourth-order valence-electron chi connectivity index (χ4n) is 3.77. The van der Waals surface area contributed by atoms with Crippen LogP contribution in [0.25, 0.3) is 0 Å². The van der Waals surface area contributed by atoms with Crippen molar-refractivity contribution in [3.05, 3.63) is 91.0 Å². The second-order valence-corrected chi connectivity index (χ2v) is 12.3. The number of nitrogens with zero attached hydrogens (tertiary/aromatic N) is 2. The molecule has 1 heterocycles. The molecule has 6 heteroatoms. The third-order valence-electron chi connectivity index (χ3n) is 5.15. The van der Waals surface area contributed by atoms with Crippen molar-refractivity contribution >= 4 is 27.0 Å². The van der Waals surface area contributed by atoms with Crippen LogP contribution in [0.15, 0.2) is 91.0 Å². The monoisotopic (exact) mass is 438 g/mol. The van der Waals surface area contributed by atoms with Crippen LogP contribution in [0.3, 0.4) is 0 Å². The van der Waals surface area contributed by atoms with Gasteiger partial charge in [-0.1, -0.05) is 54.6 Å². The molecule has 0 amide bonds. The third kappa shape index (κ3) is 5.25. The Balaban J connectivity index is 1.45. The van der Waals surface area contributed by atoms with E-state index in [0.717, 1.165) is 25.7 Å². The first-order valence-corrected chi connectivity index (χ1v) is 14.1. The third-order valence-corrected chi connectivity index (χ3v) is 9.57. The van der Waals surface area contributed by atoms with Crippen molar-refractivity contribution in [2.75, 3.05) is 41.4 Å². The molecule has 1 fully saturated rings. The van der Waals surface area contributed by atoms with E-state index in [-0.39, 0.29) is 0 Å². The predicted octanol–water partition coefficient (Wildman–Crippen LogP) is 6.70. The van der Waals surface area contributed by atoms with Gasteiger partial charge in [-0.15, -0.1) is 0 Å². The van der Waals surface area contributed by atoms with E-state index < -0.39 is 15.6 Å². The van der Waals surface area contributed by atoms with Gasteiger partial charge >= 0.3 is 0 Å². The highest BCUT2D eigenvalue weighted by Gasteiger charge is 2.33. The SMILES string of the molecule is CP(=O)(CCCP1N(c2ccccc2)CCN1c1ccccc1)Oc1ccccc1. The van der Waals surface area contributed by atoms with Crippen molar-refractivity contribution in [1.82, 2.24) is 0 Å². The highest BCUT2D eigenvalue weighted by molar-refractivity contribution is 7.61. The summed E-state index contributed by atoms with van der Waals surface area (Å²) in [6.07, 6.45) is 2.46. The summed E-state index contributed by atoms with van der Waals surface area (Å²) in [5.41, 5.74) is 2.53. The van der Waals surface area contributed by atoms with Gasteiger partial charge in [0.2, 0.25) is 7.37 Å². The summed E-state index contributed by atoms with van der Waals surface area (Å²) < 4.78 is 23.9. The number of hydrogen-bond acceptors (Lipinski definition) is 4. The smallest absolute Gasteiger partial charge is 0.245 e. The van der Waals surface area contributed by atoms with Crippen molar-refractivity contribution in [3.63, 3.8) is 0 Å². The molecule has 3 aromatic carbocycles. The maximum atomic E-state index is 13.0. The van der Waals surface area contributed by atoms with E-state index in [2.05, 4.69) is 70.0 Å². The maximum absolute atomic E-state index is 13.0. The molecule has 156 valence electrons. The number of para-hydroxylation sites is 3. The lowest BCUT2D eigenvalue weighted by molar-refractivity contribution is 0.487. The van der Waals surface area contributed by atoms with Gasteiger partial charge in [-0.05, 0) is 42.8 Å². The van der Waals surface area contributed by atoms with Gasteiger partial charge in [0.15, 0.2) is 0 Å². The lowest BCUT2D eigenvalue weighted by Gasteiger charge is -2.32. The van der Waals surface area contributed by atoms with E-state index in [1.54, 1.807) is 6.66 Å². The topological polar surface area (TPSA) is 32.8 Å². The van der Waals surface area contributed by atoms with Gasteiger partial charge in [0.25, 0.3) is 0 Å². The molecule has 1 saturated heterocycles. The Morgan fingerprint density at radius 3 is 1.77 bits per heavy atom. The molecule has 0 N–H and O–H groups in total. The zero-order chi connectivity index (χ0) is 20.8. The summed E-state index contributed by atoms with van der Waals surface area (Å²) in [4.78, 5) is 0. The van der Waals surface area contributed by atoms with Crippen LogP contribution in [0.4, 0.5) is 11.4 Å². The first kappa shape index (κ1) is 21.0. The second-order valence-electron chi connectivity index (χ2n) is 7.51. The van der Waals surface area contributed by atoms with Crippen LogP contribution in [-0.2, 0) is 4.57 Å². The fourth-order valence-corrected chi connectivity index (χ4v) is 8.03. The number of anilines is 2. The average molecular weight is 438 g/mol. The van der Waals surface area contributed by atoms with E-state index in [4.69, 9.17) is 4.52 Å². The van der Waals surface area contributed by atoms with Gasteiger partial charge in [0, 0.05) is 43.5 Å². The lowest BCUT2D eigenvalue weighted by atomic mass is 10.3. The summed E-state index contributed by atoms with van der Waals surface area (Å²) in [6.45, 7) is 3.77. The molecular formula is C24H28N2O2P2. The summed E-state index contributed by atoms with van der Waals surface area (Å²) >= 11 is 0. The average Bonchev–Trinajstić information content (AvgIpc) is 3.19. The summed E-state index contributed by atoms with van der Waals surface area (Å²) in [7, 11) is -3.23. The van der Waals surface area contributed by atoms with Crippen molar-refractivity contribution in [3.8, 4) is 5.75 Å². The van der Waals surface area contributed by atoms with Gasteiger partial charge < -0.3 is 13.9 Å². The minimum absolute atomic E-state index is 0.547. The molecule has 3 aromatic rings. The molecule has 0 radical (unpaired) electrons. The molecule has 0 aromatic heterocycles. The van der Waals surface area contributed by atoms with Gasteiger partial charge in [0.1, 0.15) is 5.75 Å². The van der Waals surface area contributed by atoms with Crippen molar-refractivity contribution in [1.29, 1.82) is 0 Å². The van der Waals surface area contributed by atoms with Crippen LogP contribution in [0.5, 0.6) is 5.75 Å². The van der Waals surface area contributed by atoms with Gasteiger partial charge in [-0.25, -0.2) is 0 Å². The van der Waals surface area contributed by atoms with Crippen LogP contribution in [0.1, 0.15) is 6.42 Å². The Morgan fingerprint density at radius 1 is 0.800 bits per heavy atom. The lowest BCUT2D eigenvalue weighted by Crippen LogP contribution is -2.17. The number of rotatable bonds is 8. The number of benzene rings is 3. The quantitative estimate of drug-likeness (QED) is 0.366. The number of hydrogen-bond donors (Lipinski definition) is 0. The van der Waals surface area contributed by atoms with Gasteiger partial charge in [0.05, 0.1) is 8.22 Å². The molecule has 4 rings (SSSR count). The Morgan fingerprint density at radius 2 is 1.27 bits per heavy atom. The van der Waals surface area contributed by atoms with E-state index in [0.29, 0.717) is 11.9 Å². The molecule has 1 unspecified atom stereocenters. The van der Waals surface area contributed by atoms with Crippen LogP contribution < -0.4 is 13.9 Å². The first-order valence-electron chi connectivity index (χ1n) is 10.4. The molecule has 1 atom stereocenters. The van der Waals surface area contributed by atoms with Crippen LogP contribution in [0.2, 0.25) is 0 Å². The van der Waals surface area contributed by atoms with Crippen molar-refractivity contribution in [2.24, 2.45) is 0 Å². The van der Waals surface area contributed by atoms with E-state index >= 15 is 0 Å². The maximum Gasteiger partial charge on any atom is 0.245 e. The van der Waals surface area contributed by atoms with E-state index in [1.165, 1.54) is 11.4 Å².